The van der Waals surface area contributed by atoms with Gasteiger partial charge in [0.05, 0.1) is 23.2 Å². The number of amides is 1. The third kappa shape index (κ3) is 7.09. The van der Waals surface area contributed by atoms with Crippen LogP contribution >= 0.6 is 11.3 Å². The summed E-state index contributed by atoms with van der Waals surface area (Å²) in [7, 11) is 0. The number of aliphatic hydroxyl groups is 1. The molecule has 226 valence electrons. The van der Waals surface area contributed by atoms with E-state index in [2.05, 4.69) is 21.6 Å². The van der Waals surface area contributed by atoms with Crippen LogP contribution in [0.1, 0.15) is 44.6 Å². The zero-order chi connectivity index (χ0) is 28.7. The minimum absolute atomic E-state index is 0. The number of hydrogen-bond donors (Lipinski definition) is 2. The van der Waals surface area contributed by atoms with Gasteiger partial charge in [-0.25, -0.2) is 9.78 Å². The zero-order valence-corrected chi connectivity index (χ0v) is 26.7. The minimum Gasteiger partial charge on any atom is -1.00 e. The number of anilines is 1. The molecule has 1 saturated carbocycles. The Morgan fingerprint density at radius 3 is 2.33 bits per heavy atom. The number of halogens is 4. The molecular formula is C26H30BrF3MgN4O6S. The number of oxazole rings is 1. The molecule has 1 aliphatic carbocycles. The van der Waals surface area contributed by atoms with E-state index in [9.17, 15) is 28.2 Å². The summed E-state index contributed by atoms with van der Waals surface area (Å²) >= 11 is 1.28. The van der Waals surface area contributed by atoms with E-state index in [-0.39, 0.29) is 74.8 Å². The predicted octanol–water partition coefficient (Wildman–Crippen LogP) is 2.03. The average molecular weight is 688 g/mol. The van der Waals surface area contributed by atoms with Crippen molar-refractivity contribution in [3.8, 4) is 16.3 Å². The van der Waals surface area contributed by atoms with Crippen LogP contribution in [-0.2, 0) is 10.3 Å². The molecule has 5 aliphatic rings. The number of nitrogens with zero attached hydrogens (tertiary/aromatic N) is 4. The van der Waals surface area contributed by atoms with E-state index in [1.54, 1.807) is 23.4 Å². The van der Waals surface area contributed by atoms with E-state index in [0.717, 1.165) is 13.2 Å². The maximum absolute atomic E-state index is 13.3. The number of piperazine rings is 1. The van der Waals surface area contributed by atoms with Gasteiger partial charge in [0, 0.05) is 43.4 Å². The van der Waals surface area contributed by atoms with Gasteiger partial charge in [-0.2, -0.15) is 11.9 Å². The molecule has 42 heavy (non-hydrogen) atoms. The molecule has 4 saturated heterocycles. The van der Waals surface area contributed by atoms with E-state index in [1.807, 2.05) is 0 Å². The van der Waals surface area contributed by atoms with Crippen LogP contribution in [0.25, 0.3) is 21.7 Å². The van der Waals surface area contributed by atoms with Gasteiger partial charge in [0.15, 0.2) is 16.8 Å². The topological polar surface area (TPSA) is 121 Å². The summed E-state index contributed by atoms with van der Waals surface area (Å²) in [5.41, 5.74) is -1.11. The van der Waals surface area contributed by atoms with Gasteiger partial charge in [0.2, 0.25) is 0 Å². The van der Waals surface area contributed by atoms with Gasteiger partial charge >= 0.3 is 35.5 Å². The summed E-state index contributed by atoms with van der Waals surface area (Å²) in [5, 5.41) is 22.3. The fraction of sp³-hybridized carbons (Fsp3) is 0.538. The molecule has 2 unspecified atom stereocenters. The second kappa shape index (κ2) is 13.8. The Balaban J connectivity index is 0.000000482. The molecule has 2 bridgehead atoms. The first kappa shape index (κ1) is 34.6. The Labute approximate surface area is 271 Å². The molecule has 4 aliphatic heterocycles. The van der Waals surface area contributed by atoms with E-state index < -0.39 is 23.8 Å². The molecular weight excluding hydrogens is 658 g/mol. The van der Waals surface area contributed by atoms with Gasteiger partial charge < -0.3 is 52.9 Å². The Bertz CT molecular complexity index is 1330. The number of carboxylic acid groups (broad SMARTS) is 1. The van der Waals surface area contributed by atoms with Gasteiger partial charge in [0.1, 0.15) is 5.01 Å². The predicted molar refractivity (Wildman–Crippen MR) is 146 cm³/mol. The molecule has 2 aromatic heterocycles. The maximum atomic E-state index is 13.3. The number of hydrogen-bond acceptors (Lipinski definition) is 9. The van der Waals surface area contributed by atoms with Gasteiger partial charge in [-0.15, -0.1) is 24.5 Å². The van der Waals surface area contributed by atoms with Gasteiger partial charge in [-0.05, 0) is 38.2 Å². The molecule has 10 nitrogen and oxygen atoms in total. The van der Waals surface area contributed by atoms with Crippen LogP contribution < -0.4 is 26.6 Å². The first-order valence-electron chi connectivity index (χ1n) is 13.0. The molecule has 6 heterocycles. The third-order valence-electron chi connectivity index (χ3n) is 7.23. The molecule has 0 spiro atoms. The molecule has 1 aromatic carbocycles. The Hall–Kier alpha value is -1.85. The number of piperidine rings is 1. The number of ether oxygens (including phenoxy) is 2. The summed E-state index contributed by atoms with van der Waals surface area (Å²) in [5.74, 6) is -0.581. The Morgan fingerprint density at radius 1 is 1.21 bits per heavy atom. The quantitative estimate of drug-likeness (QED) is 0.314. The summed E-state index contributed by atoms with van der Waals surface area (Å²) in [6.07, 6.45) is -0.559. The van der Waals surface area contributed by atoms with Crippen molar-refractivity contribution >= 4 is 57.6 Å². The number of thiazole rings is 1. The number of aromatic nitrogens is 2. The molecule has 0 radical (unpaired) electrons. The van der Waals surface area contributed by atoms with Gasteiger partial charge in [-0.3, -0.25) is 4.90 Å². The third-order valence-corrected chi connectivity index (χ3v) is 8.03. The minimum atomic E-state index is -5.00. The summed E-state index contributed by atoms with van der Waals surface area (Å²) in [6, 6.07) is 1.05. The monoisotopic (exact) mass is 686 g/mol. The molecule has 3 aromatic rings. The summed E-state index contributed by atoms with van der Waals surface area (Å²) in [4.78, 5) is 23.1. The molecule has 1 amide bonds. The number of carbonyl (C=O) groups is 1. The zero-order valence-electron chi connectivity index (χ0n) is 22.9. The van der Waals surface area contributed by atoms with Crippen molar-refractivity contribution in [2.75, 3.05) is 31.2 Å². The molecule has 8 rings (SSSR count). The Kier molecular flexibility index (Phi) is 11.4. The SMILES string of the molecule is C1CCOC1.O=C(O)N1C2CC1CN(c1nc3c(OC(F)(F)F)c(C4(O)CC4)cc(-c4nccs4)c3o1)C2.[Br-].[CH2-]C.[Mg+2]. The molecule has 2 N–H and O–H groups in total. The van der Waals surface area contributed by atoms with Gasteiger partial charge in [-0.1, -0.05) is 0 Å². The molecule has 2 atom stereocenters. The van der Waals surface area contributed by atoms with Crippen molar-refractivity contribution in [1.82, 2.24) is 14.9 Å². The largest absolute Gasteiger partial charge is 2.00 e. The van der Waals surface area contributed by atoms with E-state index >= 15 is 0 Å². The van der Waals surface area contributed by atoms with Crippen LogP contribution in [0.15, 0.2) is 22.1 Å². The Morgan fingerprint density at radius 2 is 1.86 bits per heavy atom. The van der Waals surface area contributed by atoms with Crippen molar-refractivity contribution in [3.05, 3.63) is 30.1 Å². The van der Waals surface area contributed by atoms with Crippen LogP contribution in [0.5, 0.6) is 5.75 Å². The van der Waals surface area contributed by atoms with Crippen LogP contribution in [-0.4, -0.2) is 99.0 Å². The van der Waals surface area contributed by atoms with Crippen LogP contribution in [0.4, 0.5) is 24.0 Å². The van der Waals surface area contributed by atoms with E-state index in [4.69, 9.17) is 9.15 Å². The second-order valence-corrected chi connectivity index (χ2v) is 10.7. The number of fused-ring (bicyclic) bond motifs is 3. The number of rotatable bonds is 4. The van der Waals surface area contributed by atoms with Crippen LogP contribution in [0.2, 0.25) is 0 Å². The fourth-order valence-electron chi connectivity index (χ4n) is 5.24. The summed E-state index contributed by atoms with van der Waals surface area (Å²) < 4.78 is 55.2. The normalized spacial score (nSPS) is 21.5. The fourth-order valence-corrected chi connectivity index (χ4v) is 5.89. The molecule has 16 heteroatoms. The number of alkyl halides is 3. The smallest absolute Gasteiger partial charge is 1.00 e. The van der Waals surface area contributed by atoms with Crippen molar-refractivity contribution in [3.63, 3.8) is 0 Å². The van der Waals surface area contributed by atoms with Crippen molar-refractivity contribution in [2.24, 2.45) is 0 Å². The van der Waals surface area contributed by atoms with Gasteiger partial charge in [0.25, 0.3) is 6.01 Å². The second-order valence-electron chi connectivity index (χ2n) is 9.85. The first-order chi connectivity index (χ1) is 19.1. The standard InChI is InChI=1S/C20H17F3N4O5S.C4H8O.C2H5.BrH.Mg/c21-20(22,23)32-15-12(19(30)1-2-19)6-11(16-24-3-4-33-16)14-13(15)25-17(31-14)26-7-9-5-10(8-26)27(9)18(28)29;1-2-4-5-3-1;1-2;;/h3-4,6,9-10,30H,1-2,5,7-8H2,(H,28,29);1-4H2;1H2,2H3;1H;/q;;-1;;+2/p-1. The van der Waals surface area contributed by atoms with E-state index in [1.165, 1.54) is 35.1 Å². The first-order valence-corrected chi connectivity index (χ1v) is 13.9. The van der Waals surface area contributed by atoms with Crippen LogP contribution in [0, 0.1) is 6.92 Å². The number of benzene rings is 1. The van der Waals surface area contributed by atoms with Crippen molar-refractivity contribution in [1.29, 1.82) is 0 Å². The molecule has 5 fully saturated rings. The average Bonchev–Trinajstić information content (AvgIpc) is 3.45. The summed E-state index contributed by atoms with van der Waals surface area (Å²) in [6.45, 7) is 7.63. The maximum Gasteiger partial charge on any atom is 2.00 e. The van der Waals surface area contributed by atoms with Crippen LogP contribution in [0.3, 0.4) is 0 Å². The van der Waals surface area contributed by atoms with Crippen molar-refractivity contribution in [2.45, 2.75) is 63.1 Å². The van der Waals surface area contributed by atoms with E-state index in [0.29, 0.717) is 42.9 Å². The van der Waals surface area contributed by atoms with Crippen molar-refractivity contribution < 1.29 is 59.1 Å².